The van der Waals surface area contributed by atoms with Gasteiger partial charge in [0.2, 0.25) is 0 Å². The number of carbonyl (C=O) groups is 1. The fourth-order valence-electron chi connectivity index (χ4n) is 0.970. The Bertz CT molecular complexity index is 430. The molecule has 0 amide bonds. The van der Waals surface area contributed by atoms with Crippen LogP contribution in [0, 0.1) is 5.82 Å². The van der Waals surface area contributed by atoms with Crippen LogP contribution in [-0.2, 0) is 0 Å². The predicted octanol–water partition coefficient (Wildman–Crippen LogP) is 2.00. The minimum atomic E-state index is -5.15. The van der Waals surface area contributed by atoms with Crippen molar-refractivity contribution in [2.45, 2.75) is 6.36 Å². The Balaban J connectivity index is 3.32. The SMILES string of the molecule is Nc1c(F)ccc(C(=O)O)c1OC(F)(F)F. The maximum Gasteiger partial charge on any atom is 0.573 e. The fourth-order valence-corrected chi connectivity index (χ4v) is 0.970. The molecule has 1 aromatic rings. The largest absolute Gasteiger partial charge is 0.573 e. The van der Waals surface area contributed by atoms with Gasteiger partial charge in [-0.1, -0.05) is 0 Å². The van der Waals surface area contributed by atoms with Gasteiger partial charge in [-0.2, -0.15) is 0 Å². The summed E-state index contributed by atoms with van der Waals surface area (Å²) in [6, 6.07) is 1.27. The lowest BCUT2D eigenvalue weighted by Gasteiger charge is -2.13. The fraction of sp³-hybridized carbons (Fsp3) is 0.125. The molecular formula is C8H5F4NO3. The van der Waals surface area contributed by atoms with E-state index in [1.165, 1.54) is 0 Å². The van der Waals surface area contributed by atoms with Crippen LogP contribution in [0.25, 0.3) is 0 Å². The molecule has 0 unspecified atom stereocenters. The van der Waals surface area contributed by atoms with Crippen molar-refractivity contribution in [2.75, 3.05) is 5.73 Å². The molecule has 0 saturated carbocycles. The molecule has 0 bridgehead atoms. The van der Waals surface area contributed by atoms with E-state index in [2.05, 4.69) is 4.74 Å². The molecule has 1 aromatic carbocycles. The van der Waals surface area contributed by atoms with Crippen molar-refractivity contribution < 1.29 is 32.2 Å². The second-order valence-corrected chi connectivity index (χ2v) is 2.69. The van der Waals surface area contributed by atoms with Gasteiger partial charge in [-0.25, -0.2) is 9.18 Å². The summed E-state index contributed by atoms with van der Waals surface area (Å²) in [5, 5.41) is 8.55. The number of ether oxygens (including phenoxy) is 1. The molecule has 0 aromatic heterocycles. The molecule has 16 heavy (non-hydrogen) atoms. The number of halogens is 4. The molecule has 1 rings (SSSR count). The summed E-state index contributed by atoms with van der Waals surface area (Å²) in [6.45, 7) is 0. The number of hydrogen-bond acceptors (Lipinski definition) is 3. The van der Waals surface area contributed by atoms with Crippen molar-refractivity contribution >= 4 is 11.7 Å². The van der Waals surface area contributed by atoms with E-state index in [-0.39, 0.29) is 0 Å². The highest BCUT2D eigenvalue weighted by molar-refractivity contribution is 5.93. The van der Waals surface area contributed by atoms with Crippen LogP contribution >= 0.6 is 0 Å². The van der Waals surface area contributed by atoms with Gasteiger partial charge in [0.15, 0.2) is 5.75 Å². The van der Waals surface area contributed by atoms with E-state index in [0.29, 0.717) is 12.1 Å². The van der Waals surface area contributed by atoms with Crippen LogP contribution in [-0.4, -0.2) is 17.4 Å². The Kier molecular flexibility index (Phi) is 2.92. The summed E-state index contributed by atoms with van der Waals surface area (Å²) in [4.78, 5) is 10.5. The van der Waals surface area contributed by atoms with Crippen molar-refractivity contribution in [3.05, 3.63) is 23.5 Å². The summed E-state index contributed by atoms with van der Waals surface area (Å²) < 4.78 is 51.9. The molecule has 0 fully saturated rings. The average molecular weight is 239 g/mol. The van der Waals surface area contributed by atoms with E-state index >= 15 is 0 Å². The lowest BCUT2D eigenvalue weighted by molar-refractivity contribution is -0.274. The first-order valence-corrected chi connectivity index (χ1v) is 3.79. The van der Waals surface area contributed by atoms with Gasteiger partial charge < -0.3 is 15.6 Å². The first kappa shape index (κ1) is 12.1. The van der Waals surface area contributed by atoms with E-state index in [1.807, 2.05) is 0 Å². The zero-order valence-corrected chi connectivity index (χ0v) is 7.51. The number of anilines is 1. The number of carboxylic acid groups (broad SMARTS) is 1. The van der Waals surface area contributed by atoms with Gasteiger partial charge in [-0.3, -0.25) is 0 Å². The first-order valence-electron chi connectivity index (χ1n) is 3.79. The van der Waals surface area contributed by atoms with Gasteiger partial charge >= 0.3 is 12.3 Å². The number of rotatable bonds is 2. The van der Waals surface area contributed by atoms with Crippen LogP contribution in [0.1, 0.15) is 10.4 Å². The highest BCUT2D eigenvalue weighted by Crippen LogP contribution is 2.33. The lowest BCUT2D eigenvalue weighted by atomic mass is 10.1. The van der Waals surface area contributed by atoms with Crippen molar-refractivity contribution in [2.24, 2.45) is 0 Å². The standard InChI is InChI=1S/C8H5F4NO3/c9-4-2-1-3(7(14)15)6(5(4)13)16-8(10,11)12/h1-2H,13H2,(H,14,15). The quantitative estimate of drug-likeness (QED) is 0.611. The molecule has 0 spiro atoms. The number of nitrogen functional groups attached to an aromatic ring is 1. The van der Waals surface area contributed by atoms with Crippen LogP contribution in [0.4, 0.5) is 23.2 Å². The summed E-state index contributed by atoms with van der Waals surface area (Å²) in [5.41, 5.74) is 3.10. The maximum absolute atomic E-state index is 12.8. The Labute approximate surface area is 86.2 Å². The number of benzene rings is 1. The predicted molar refractivity (Wildman–Crippen MR) is 44.5 cm³/mol. The molecule has 8 heteroatoms. The van der Waals surface area contributed by atoms with Crippen molar-refractivity contribution in [3.8, 4) is 5.75 Å². The lowest BCUT2D eigenvalue weighted by Crippen LogP contribution is -2.20. The normalized spacial score (nSPS) is 11.2. The van der Waals surface area contributed by atoms with E-state index in [4.69, 9.17) is 10.8 Å². The first-order chi connectivity index (χ1) is 7.22. The van der Waals surface area contributed by atoms with Gasteiger partial charge in [-0.15, -0.1) is 13.2 Å². The second-order valence-electron chi connectivity index (χ2n) is 2.69. The van der Waals surface area contributed by atoms with Crippen LogP contribution in [0.5, 0.6) is 5.75 Å². The number of alkyl halides is 3. The monoisotopic (exact) mass is 239 g/mol. The van der Waals surface area contributed by atoms with Gasteiger partial charge in [0.1, 0.15) is 17.1 Å². The molecule has 0 atom stereocenters. The van der Waals surface area contributed by atoms with Crippen LogP contribution in [0.3, 0.4) is 0 Å². The molecule has 0 aliphatic rings. The van der Waals surface area contributed by atoms with Crippen molar-refractivity contribution in [3.63, 3.8) is 0 Å². The summed E-state index contributed by atoms with van der Waals surface area (Å²) >= 11 is 0. The molecule has 0 aliphatic carbocycles. The topological polar surface area (TPSA) is 72.6 Å². The Hall–Kier alpha value is -1.99. The Morgan fingerprint density at radius 2 is 1.94 bits per heavy atom. The average Bonchev–Trinajstić information content (AvgIpc) is 2.10. The highest BCUT2D eigenvalue weighted by atomic mass is 19.4. The van der Waals surface area contributed by atoms with Gasteiger partial charge in [-0.05, 0) is 12.1 Å². The number of aromatic carboxylic acids is 1. The van der Waals surface area contributed by atoms with E-state index in [9.17, 15) is 22.4 Å². The third-order valence-electron chi connectivity index (χ3n) is 1.59. The second kappa shape index (κ2) is 3.87. The molecular weight excluding hydrogens is 234 g/mol. The molecule has 0 radical (unpaired) electrons. The highest BCUT2D eigenvalue weighted by Gasteiger charge is 2.34. The molecule has 3 N–H and O–H groups in total. The zero-order chi connectivity index (χ0) is 12.5. The van der Waals surface area contributed by atoms with Crippen LogP contribution in [0.15, 0.2) is 12.1 Å². The van der Waals surface area contributed by atoms with E-state index < -0.39 is 35.1 Å². The van der Waals surface area contributed by atoms with Gasteiger partial charge in [0.05, 0.1) is 0 Å². The molecule has 0 aliphatic heterocycles. The Morgan fingerprint density at radius 3 is 2.38 bits per heavy atom. The summed E-state index contributed by atoms with van der Waals surface area (Å²) in [5.74, 6) is -4.14. The number of hydrogen-bond donors (Lipinski definition) is 2. The van der Waals surface area contributed by atoms with Crippen LogP contribution < -0.4 is 10.5 Å². The van der Waals surface area contributed by atoms with Gasteiger partial charge in [0.25, 0.3) is 0 Å². The van der Waals surface area contributed by atoms with Crippen LogP contribution in [0.2, 0.25) is 0 Å². The van der Waals surface area contributed by atoms with Crippen molar-refractivity contribution in [1.29, 1.82) is 0 Å². The third kappa shape index (κ3) is 2.53. The van der Waals surface area contributed by atoms with Crippen molar-refractivity contribution in [1.82, 2.24) is 0 Å². The smallest absolute Gasteiger partial charge is 0.478 e. The molecule has 4 nitrogen and oxygen atoms in total. The minimum absolute atomic E-state index is 0.634. The maximum atomic E-state index is 12.8. The third-order valence-corrected chi connectivity index (χ3v) is 1.59. The zero-order valence-electron chi connectivity index (χ0n) is 7.51. The summed E-state index contributed by atoms with van der Waals surface area (Å²) in [6.07, 6.45) is -5.15. The van der Waals surface area contributed by atoms with E-state index in [0.717, 1.165) is 0 Å². The summed E-state index contributed by atoms with van der Waals surface area (Å²) in [7, 11) is 0. The Morgan fingerprint density at radius 1 is 1.38 bits per heavy atom. The molecule has 0 saturated heterocycles. The number of carboxylic acids is 1. The molecule has 0 heterocycles. The molecule has 88 valence electrons. The minimum Gasteiger partial charge on any atom is -0.478 e. The van der Waals surface area contributed by atoms with Gasteiger partial charge in [0, 0.05) is 0 Å². The van der Waals surface area contributed by atoms with E-state index in [1.54, 1.807) is 0 Å². The number of nitrogens with two attached hydrogens (primary N) is 1.